The van der Waals surface area contributed by atoms with E-state index in [1.165, 1.54) is 0 Å². The van der Waals surface area contributed by atoms with Gasteiger partial charge >= 0.3 is 6.09 Å². The van der Waals surface area contributed by atoms with Crippen LogP contribution in [-0.2, 0) is 16.0 Å². The van der Waals surface area contributed by atoms with Crippen LogP contribution in [0.4, 0.5) is 22.0 Å². The predicted molar refractivity (Wildman–Crippen MR) is 107 cm³/mol. The van der Waals surface area contributed by atoms with E-state index in [0.29, 0.717) is 17.1 Å². The molecule has 0 saturated heterocycles. The minimum Gasteiger partial charge on any atom is -0.444 e. The summed E-state index contributed by atoms with van der Waals surface area (Å²) in [6.45, 7) is 6.85. The summed E-state index contributed by atoms with van der Waals surface area (Å²) in [7, 11) is 0. The summed E-state index contributed by atoms with van der Waals surface area (Å²) in [5, 5.41) is 10.7. The summed E-state index contributed by atoms with van der Waals surface area (Å²) in [4.78, 5) is 28.3. The lowest BCUT2D eigenvalue weighted by molar-refractivity contribution is -0.120. The number of nitrogens with two attached hydrogens (primary N) is 1. The molecule has 28 heavy (non-hydrogen) atoms. The molecule has 0 radical (unpaired) electrons. The lowest BCUT2D eigenvalue weighted by Crippen LogP contribution is -2.42. The lowest BCUT2D eigenvalue weighted by Gasteiger charge is -2.21. The number of carbonyl (C=O) groups excluding carboxylic acids is 2. The van der Waals surface area contributed by atoms with Crippen LogP contribution in [0.1, 0.15) is 33.4 Å². The normalized spacial score (nSPS) is 12.6. The Labute approximate surface area is 164 Å². The van der Waals surface area contributed by atoms with Gasteiger partial charge in [-0.25, -0.2) is 9.78 Å². The van der Waals surface area contributed by atoms with Gasteiger partial charge in [0.1, 0.15) is 11.3 Å². The fraction of sp³-hybridized carbons (Fsp3) is 0.350. The van der Waals surface area contributed by atoms with Crippen LogP contribution >= 0.6 is 0 Å². The molecule has 0 spiro atoms. The Morgan fingerprint density at radius 1 is 1.14 bits per heavy atom. The first kappa shape index (κ1) is 21.0. The molecular formula is C20H25N5O3. The van der Waals surface area contributed by atoms with E-state index in [1.807, 2.05) is 30.3 Å². The molecule has 1 atom stereocenters. The van der Waals surface area contributed by atoms with Crippen molar-refractivity contribution in [2.45, 2.75) is 45.8 Å². The number of rotatable bonds is 6. The van der Waals surface area contributed by atoms with Crippen molar-refractivity contribution in [2.24, 2.45) is 10.2 Å². The average Bonchev–Trinajstić information content (AvgIpc) is 2.60. The van der Waals surface area contributed by atoms with Gasteiger partial charge in [0.2, 0.25) is 0 Å². The lowest BCUT2D eigenvalue weighted by atomic mass is 10.1. The first-order valence-corrected chi connectivity index (χ1v) is 8.88. The van der Waals surface area contributed by atoms with Crippen LogP contribution in [-0.4, -0.2) is 28.5 Å². The summed E-state index contributed by atoms with van der Waals surface area (Å²) >= 11 is 0. The quantitative estimate of drug-likeness (QED) is 0.728. The second-order valence-electron chi connectivity index (χ2n) is 7.25. The number of amides is 1. The number of aromatic nitrogens is 1. The summed E-state index contributed by atoms with van der Waals surface area (Å²) in [6, 6.07) is 11.8. The van der Waals surface area contributed by atoms with Crippen LogP contribution in [0.2, 0.25) is 0 Å². The molecule has 0 fully saturated rings. The zero-order valence-corrected chi connectivity index (χ0v) is 16.5. The van der Waals surface area contributed by atoms with E-state index < -0.39 is 17.7 Å². The number of pyridine rings is 1. The van der Waals surface area contributed by atoms with Gasteiger partial charge in [0.15, 0.2) is 11.6 Å². The van der Waals surface area contributed by atoms with Gasteiger partial charge in [0.05, 0.1) is 23.8 Å². The zero-order valence-electron chi connectivity index (χ0n) is 16.5. The number of anilines is 1. The smallest absolute Gasteiger partial charge is 0.408 e. The molecule has 0 unspecified atom stereocenters. The number of benzene rings is 1. The van der Waals surface area contributed by atoms with Gasteiger partial charge in [-0.2, -0.15) is 5.11 Å². The van der Waals surface area contributed by atoms with Gasteiger partial charge < -0.3 is 15.8 Å². The zero-order chi connectivity index (χ0) is 20.7. The van der Waals surface area contributed by atoms with E-state index in [2.05, 4.69) is 20.5 Å². The van der Waals surface area contributed by atoms with Crippen molar-refractivity contribution in [2.75, 3.05) is 5.73 Å². The van der Waals surface area contributed by atoms with E-state index in [0.717, 1.165) is 0 Å². The molecule has 1 aromatic carbocycles. The molecule has 148 valence electrons. The highest BCUT2D eigenvalue weighted by Gasteiger charge is 2.21. The Bertz CT molecular complexity index is 860. The fourth-order valence-corrected chi connectivity index (χ4v) is 2.20. The average molecular weight is 383 g/mol. The number of hydrogen-bond donors (Lipinski definition) is 2. The van der Waals surface area contributed by atoms with Crippen LogP contribution < -0.4 is 11.1 Å². The number of nitrogens with one attached hydrogen (secondary N) is 1. The number of ether oxygens (including phenoxy) is 1. The van der Waals surface area contributed by atoms with Gasteiger partial charge in [-0.1, -0.05) is 18.2 Å². The summed E-state index contributed by atoms with van der Waals surface area (Å²) in [5.41, 5.74) is 6.89. The molecule has 0 saturated carbocycles. The van der Waals surface area contributed by atoms with Crippen LogP contribution in [0.25, 0.3) is 0 Å². The summed E-state index contributed by atoms with van der Waals surface area (Å²) < 4.78 is 5.15. The van der Waals surface area contributed by atoms with Gasteiger partial charge in [-0.3, -0.25) is 4.79 Å². The maximum atomic E-state index is 12.3. The monoisotopic (exact) mass is 383 g/mol. The SMILES string of the molecule is C[C@H](NC(=O)OC(C)(C)C)C(=O)Cc1ccc(N=Nc2ccccc2)c(N)n1. The second kappa shape index (κ2) is 9.07. The number of ketones is 1. The first-order valence-electron chi connectivity index (χ1n) is 8.88. The molecule has 0 bridgehead atoms. The number of Topliss-reactive ketones (excluding diaryl/α,β-unsaturated/α-hetero) is 1. The Morgan fingerprint density at radius 2 is 1.82 bits per heavy atom. The summed E-state index contributed by atoms with van der Waals surface area (Å²) in [5.74, 6) is -0.0332. The Balaban J connectivity index is 1.97. The molecule has 0 aliphatic heterocycles. The van der Waals surface area contributed by atoms with Crippen molar-refractivity contribution in [3.8, 4) is 0 Å². The minimum atomic E-state index is -0.713. The van der Waals surface area contributed by atoms with Crippen LogP contribution in [0.3, 0.4) is 0 Å². The van der Waals surface area contributed by atoms with Crippen molar-refractivity contribution in [3.63, 3.8) is 0 Å². The van der Waals surface area contributed by atoms with Crippen molar-refractivity contribution in [1.29, 1.82) is 0 Å². The molecule has 2 aromatic rings. The molecule has 1 heterocycles. The number of nitrogens with zero attached hydrogens (tertiary/aromatic N) is 3. The van der Waals surface area contributed by atoms with Gasteiger partial charge in [-0.05, 0) is 52.0 Å². The molecule has 0 aliphatic rings. The van der Waals surface area contributed by atoms with Crippen LogP contribution in [0.5, 0.6) is 0 Å². The molecule has 8 heteroatoms. The maximum Gasteiger partial charge on any atom is 0.408 e. The third-order valence-corrected chi connectivity index (χ3v) is 3.56. The van der Waals surface area contributed by atoms with Crippen LogP contribution in [0.15, 0.2) is 52.7 Å². The van der Waals surface area contributed by atoms with Crippen molar-refractivity contribution in [1.82, 2.24) is 10.3 Å². The summed E-state index contributed by atoms with van der Waals surface area (Å²) in [6.07, 6.45) is -0.616. The highest BCUT2D eigenvalue weighted by atomic mass is 16.6. The molecule has 0 aliphatic carbocycles. The molecule has 1 aromatic heterocycles. The number of carbonyl (C=O) groups is 2. The van der Waals surface area contributed by atoms with Crippen LogP contribution in [0, 0.1) is 0 Å². The largest absolute Gasteiger partial charge is 0.444 e. The Hall–Kier alpha value is -3.29. The van der Waals surface area contributed by atoms with Gasteiger partial charge in [-0.15, -0.1) is 5.11 Å². The topological polar surface area (TPSA) is 119 Å². The number of hydrogen-bond acceptors (Lipinski definition) is 7. The van der Waals surface area contributed by atoms with Crippen molar-refractivity contribution < 1.29 is 14.3 Å². The van der Waals surface area contributed by atoms with E-state index in [1.54, 1.807) is 39.8 Å². The third-order valence-electron chi connectivity index (χ3n) is 3.56. The molecule has 8 nitrogen and oxygen atoms in total. The van der Waals surface area contributed by atoms with E-state index in [4.69, 9.17) is 10.5 Å². The van der Waals surface area contributed by atoms with Gasteiger partial charge in [0, 0.05) is 0 Å². The van der Waals surface area contributed by atoms with E-state index in [-0.39, 0.29) is 18.0 Å². The van der Waals surface area contributed by atoms with E-state index in [9.17, 15) is 9.59 Å². The first-order chi connectivity index (χ1) is 13.1. The standard InChI is InChI=1S/C20H25N5O3/c1-13(22-19(27)28-20(2,3)4)17(26)12-15-10-11-16(18(21)23-15)25-24-14-8-6-5-7-9-14/h5-11,13H,12H2,1-4H3,(H2,21,23)(H,22,27)/t13-/m0/s1. The van der Waals surface area contributed by atoms with Gasteiger partial charge in [0.25, 0.3) is 0 Å². The highest BCUT2D eigenvalue weighted by Crippen LogP contribution is 2.23. The highest BCUT2D eigenvalue weighted by molar-refractivity contribution is 5.88. The molecule has 2 rings (SSSR count). The second-order valence-corrected chi connectivity index (χ2v) is 7.25. The number of azo groups is 1. The fourth-order valence-electron chi connectivity index (χ4n) is 2.20. The Kier molecular flexibility index (Phi) is 6.81. The number of alkyl carbamates (subject to hydrolysis) is 1. The number of nitrogen functional groups attached to an aromatic ring is 1. The van der Waals surface area contributed by atoms with Crippen molar-refractivity contribution >= 4 is 29.1 Å². The molecule has 1 amide bonds. The Morgan fingerprint density at radius 3 is 2.43 bits per heavy atom. The van der Waals surface area contributed by atoms with Crippen molar-refractivity contribution in [3.05, 3.63) is 48.2 Å². The predicted octanol–water partition coefficient (Wildman–Crippen LogP) is 4.10. The molecular weight excluding hydrogens is 358 g/mol. The van der Waals surface area contributed by atoms with E-state index >= 15 is 0 Å². The minimum absolute atomic E-state index is 0.0251. The molecule has 3 N–H and O–H groups in total. The maximum absolute atomic E-state index is 12.3. The third kappa shape index (κ3) is 6.79.